The Kier molecular flexibility index (Phi) is 6.39. The van der Waals surface area contributed by atoms with Crippen molar-refractivity contribution in [1.82, 2.24) is 0 Å². The molecule has 1 saturated carbocycles. The molecular formula is C10H19Cl3OTe. The molecule has 1 fully saturated rings. The number of rotatable bonds is 3. The maximum absolute atomic E-state index is 6.20. The summed E-state index contributed by atoms with van der Waals surface area (Å²) in [6.07, 6.45) is 6.14. The van der Waals surface area contributed by atoms with E-state index >= 15 is 0 Å². The van der Waals surface area contributed by atoms with Crippen molar-refractivity contribution in [1.29, 1.82) is 0 Å². The van der Waals surface area contributed by atoms with Crippen LogP contribution in [0.1, 0.15) is 46.0 Å². The van der Waals surface area contributed by atoms with Gasteiger partial charge < -0.3 is 0 Å². The summed E-state index contributed by atoms with van der Waals surface area (Å²) < 4.78 is 6.13. The molecule has 0 aromatic heterocycles. The van der Waals surface area contributed by atoms with Crippen molar-refractivity contribution in [3.05, 3.63) is 0 Å². The van der Waals surface area contributed by atoms with E-state index < -0.39 is 14.8 Å². The topological polar surface area (TPSA) is 9.23 Å². The Labute approximate surface area is 108 Å². The van der Waals surface area contributed by atoms with Crippen LogP contribution in [0.2, 0.25) is 3.97 Å². The van der Waals surface area contributed by atoms with Gasteiger partial charge in [-0.05, 0) is 0 Å². The molecule has 0 bridgehead atoms. The van der Waals surface area contributed by atoms with Gasteiger partial charge in [-0.25, -0.2) is 0 Å². The minimum atomic E-state index is -3.16. The van der Waals surface area contributed by atoms with Crippen molar-refractivity contribution in [3.8, 4) is 0 Å². The van der Waals surface area contributed by atoms with Gasteiger partial charge in [0.15, 0.2) is 0 Å². The Bertz CT molecular complexity index is 194. The molecule has 0 saturated heterocycles. The van der Waals surface area contributed by atoms with Gasteiger partial charge in [0.1, 0.15) is 0 Å². The predicted octanol–water partition coefficient (Wildman–Crippen LogP) is 4.77. The molecule has 0 aromatic carbocycles. The van der Waals surface area contributed by atoms with Gasteiger partial charge in [-0.2, -0.15) is 0 Å². The van der Waals surface area contributed by atoms with Gasteiger partial charge in [-0.3, -0.25) is 0 Å². The quantitative estimate of drug-likeness (QED) is 0.499. The van der Waals surface area contributed by atoms with Gasteiger partial charge >= 0.3 is 109 Å². The Hall–Kier alpha value is 1.62. The van der Waals surface area contributed by atoms with Gasteiger partial charge in [0.25, 0.3) is 0 Å². The maximum atomic E-state index is 6.20. The molecule has 1 aliphatic rings. The Morgan fingerprint density at radius 1 is 1.07 bits per heavy atom. The standard InChI is InChI=1S/C10H19Cl3OTe/c1-8(2)14-9-6-4-3-5-7-10(9)15(11,12)13/h8-10H,3-7H2,1-2H3/t9-,10-/m1/s1. The molecule has 0 heterocycles. The van der Waals surface area contributed by atoms with Gasteiger partial charge in [0, 0.05) is 0 Å². The van der Waals surface area contributed by atoms with E-state index in [1.165, 1.54) is 19.3 Å². The summed E-state index contributed by atoms with van der Waals surface area (Å²) in [5.41, 5.74) is 0. The van der Waals surface area contributed by atoms with Crippen molar-refractivity contribution in [2.75, 3.05) is 0 Å². The molecule has 15 heavy (non-hydrogen) atoms. The van der Waals surface area contributed by atoms with Crippen LogP contribution < -0.4 is 0 Å². The summed E-state index contributed by atoms with van der Waals surface area (Å²) in [5, 5.41) is 0. The van der Waals surface area contributed by atoms with Gasteiger partial charge in [0.2, 0.25) is 0 Å². The van der Waals surface area contributed by atoms with E-state index in [1.54, 1.807) is 0 Å². The van der Waals surface area contributed by atoms with E-state index in [4.69, 9.17) is 31.6 Å². The summed E-state index contributed by atoms with van der Waals surface area (Å²) in [4.78, 5) is 0. The van der Waals surface area contributed by atoms with Crippen LogP contribution in [0.4, 0.5) is 0 Å². The molecule has 0 unspecified atom stereocenters. The molecular weight excluding hydrogens is 370 g/mol. The van der Waals surface area contributed by atoms with Crippen molar-refractivity contribution >= 4 is 41.7 Å². The van der Waals surface area contributed by atoms with Gasteiger partial charge in [-0.1, -0.05) is 0 Å². The zero-order valence-corrected chi connectivity index (χ0v) is 13.8. The Morgan fingerprint density at radius 2 is 1.67 bits per heavy atom. The molecule has 0 aromatic rings. The monoisotopic (exact) mass is 390 g/mol. The van der Waals surface area contributed by atoms with Crippen LogP contribution in [-0.4, -0.2) is 27.0 Å². The van der Waals surface area contributed by atoms with Crippen LogP contribution in [0, 0.1) is 0 Å². The first-order valence-electron chi connectivity index (χ1n) is 5.47. The SMILES string of the molecule is CC(C)O[C@@H]1CCCCC[C@H]1[Te](Cl)(Cl)Cl. The summed E-state index contributed by atoms with van der Waals surface area (Å²) in [6.45, 7) is 4.10. The molecule has 1 nitrogen and oxygen atoms in total. The van der Waals surface area contributed by atoms with Crippen LogP contribution in [0.15, 0.2) is 0 Å². The predicted molar refractivity (Wildman–Crippen MR) is 70.2 cm³/mol. The molecule has 1 aliphatic carbocycles. The Balaban J connectivity index is 2.67. The molecule has 2 atom stereocenters. The van der Waals surface area contributed by atoms with E-state index in [1.807, 2.05) is 13.8 Å². The molecule has 0 N–H and O–H groups in total. The third kappa shape index (κ3) is 5.19. The average molecular weight is 389 g/mol. The van der Waals surface area contributed by atoms with E-state index in [0.29, 0.717) is 0 Å². The molecule has 0 aliphatic heterocycles. The van der Waals surface area contributed by atoms with E-state index in [0.717, 1.165) is 12.8 Å². The van der Waals surface area contributed by atoms with Crippen LogP contribution in [0.3, 0.4) is 0 Å². The van der Waals surface area contributed by atoms with E-state index in [9.17, 15) is 0 Å². The summed E-state index contributed by atoms with van der Waals surface area (Å²) >= 11 is -3.16. The third-order valence-electron chi connectivity index (χ3n) is 2.68. The normalized spacial score (nSPS) is 30.3. The molecule has 92 valence electrons. The van der Waals surface area contributed by atoms with Gasteiger partial charge in [-0.15, -0.1) is 0 Å². The van der Waals surface area contributed by atoms with E-state index in [-0.39, 0.29) is 16.2 Å². The summed E-state index contributed by atoms with van der Waals surface area (Å²) in [6, 6.07) is 0. The van der Waals surface area contributed by atoms with E-state index in [2.05, 4.69) is 0 Å². The fourth-order valence-electron chi connectivity index (χ4n) is 2.05. The van der Waals surface area contributed by atoms with Crippen LogP contribution in [0.25, 0.3) is 0 Å². The minimum absolute atomic E-state index is 0.182. The molecule has 5 heteroatoms. The zero-order chi connectivity index (χ0) is 11.5. The molecule has 0 spiro atoms. The molecule has 0 amide bonds. The summed E-state index contributed by atoms with van der Waals surface area (Å²) in [7, 11) is 18.6. The third-order valence-corrected chi connectivity index (χ3v) is 10.8. The second-order valence-electron chi connectivity index (χ2n) is 4.34. The fraction of sp³-hybridized carbons (Fsp3) is 1.00. The molecule has 0 radical (unpaired) electrons. The fourth-order valence-corrected chi connectivity index (χ4v) is 8.94. The van der Waals surface area contributed by atoms with Crippen LogP contribution >= 0.6 is 26.9 Å². The van der Waals surface area contributed by atoms with Gasteiger partial charge in [0.05, 0.1) is 0 Å². The van der Waals surface area contributed by atoms with Crippen molar-refractivity contribution < 1.29 is 4.74 Å². The van der Waals surface area contributed by atoms with Crippen molar-refractivity contribution in [2.45, 2.75) is 62.1 Å². The molecule has 1 rings (SSSR count). The van der Waals surface area contributed by atoms with Crippen LogP contribution in [0.5, 0.6) is 0 Å². The first-order chi connectivity index (χ1) is 6.91. The van der Waals surface area contributed by atoms with Crippen molar-refractivity contribution in [3.63, 3.8) is 0 Å². The first kappa shape index (κ1) is 14.7. The second-order valence-corrected chi connectivity index (χ2v) is 21.6. The number of ether oxygens (including phenoxy) is 1. The Morgan fingerprint density at radius 3 is 2.20 bits per heavy atom. The first-order valence-corrected chi connectivity index (χ1v) is 15.7. The number of hydrogen-bond donors (Lipinski definition) is 0. The number of hydrogen-bond acceptors (Lipinski definition) is 1. The summed E-state index contributed by atoms with van der Waals surface area (Å²) in [5.74, 6) is 0. The zero-order valence-electron chi connectivity index (χ0n) is 9.22. The van der Waals surface area contributed by atoms with Crippen LogP contribution in [-0.2, 0) is 4.74 Å². The number of halogens is 3. The average Bonchev–Trinajstić information content (AvgIpc) is 2.27. The second kappa shape index (κ2) is 6.52. The van der Waals surface area contributed by atoms with Crippen molar-refractivity contribution in [2.24, 2.45) is 0 Å².